The van der Waals surface area contributed by atoms with Gasteiger partial charge in [-0.25, -0.2) is 0 Å². The first kappa shape index (κ1) is 19.8. The Morgan fingerprint density at radius 3 is 1.59 bits per heavy atom. The maximum absolute atomic E-state index is 11.2. The highest BCUT2D eigenvalue weighted by Crippen LogP contribution is 2.14. The molecule has 0 aromatic heterocycles. The average Bonchev–Trinajstić information content (AvgIpc) is 2.37. The lowest BCUT2D eigenvalue weighted by Crippen LogP contribution is -2.48. The lowest BCUT2D eigenvalue weighted by molar-refractivity contribution is -0.192. The number of ether oxygens (including phenoxy) is 4. The van der Waals surface area contributed by atoms with Crippen LogP contribution in [0.1, 0.15) is 27.7 Å². The number of hydrogen-bond acceptors (Lipinski definition) is 9. The summed E-state index contributed by atoms with van der Waals surface area (Å²) in [7, 11) is 0. The molecule has 22 heavy (non-hydrogen) atoms. The molecule has 0 spiro atoms. The second-order valence-electron chi connectivity index (χ2n) is 4.35. The number of rotatable bonds is 8. The molecule has 0 rings (SSSR count). The Morgan fingerprint density at radius 2 is 1.23 bits per heavy atom. The van der Waals surface area contributed by atoms with E-state index in [1.807, 2.05) is 0 Å². The quantitative estimate of drug-likeness (QED) is 0.458. The van der Waals surface area contributed by atoms with Gasteiger partial charge in [0.05, 0.1) is 6.61 Å². The smallest absolute Gasteiger partial charge is 0.303 e. The van der Waals surface area contributed by atoms with Crippen LogP contribution in [0.25, 0.3) is 0 Å². The van der Waals surface area contributed by atoms with Crippen LogP contribution >= 0.6 is 0 Å². The van der Waals surface area contributed by atoms with Crippen molar-refractivity contribution in [3.8, 4) is 0 Å². The van der Waals surface area contributed by atoms with Crippen LogP contribution in [0.2, 0.25) is 0 Å². The molecule has 0 amide bonds. The first-order valence-corrected chi connectivity index (χ1v) is 6.43. The topological polar surface area (TPSA) is 125 Å². The van der Waals surface area contributed by atoms with Crippen LogP contribution < -0.4 is 0 Å². The summed E-state index contributed by atoms with van der Waals surface area (Å²) in [6, 6.07) is 0. The second-order valence-corrected chi connectivity index (χ2v) is 4.35. The number of aliphatic hydroxyl groups is 1. The number of carbonyl (C=O) groups is 4. The number of hydrogen-bond donors (Lipinski definition) is 1. The third kappa shape index (κ3) is 8.20. The Hall–Kier alpha value is -2.16. The first-order valence-electron chi connectivity index (χ1n) is 6.43. The first-order chi connectivity index (χ1) is 10.2. The Kier molecular flexibility index (Phi) is 8.76. The maximum Gasteiger partial charge on any atom is 0.303 e. The SMILES string of the molecule is CC(=O)OC[C@H](OC(C)=O)[C@@H](OC(C)=O)[C@H](CO)OC(C)=O. The Morgan fingerprint density at radius 1 is 0.773 bits per heavy atom. The van der Waals surface area contributed by atoms with Gasteiger partial charge in [-0.15, -0.1) is 0 Å². The molecule has 0 aromatic rings. The van der Waals surface area contributed by atoms with Crippen molar-refractivity contribution in [1.29, 1.82) is 0 Å². The minimum Gasteiger partial charge on any atom is -0.462 e. The molecular formula is C13H20O9. The second kappa shape index (κ2) is 9.72. The van der Waals surface area contributed by atoms with Crippen LogP contribution in [0.5, 0.6) is 0 Å². The van der Waals surface area contributed by atoms with Crippen molar-refractivity contribution in [1.82, 2.24) is 0 Å². The van der Waals surface area contributed by atoms with Crippen molar-refractivity contribution in [2.75, 3.05) is 13.2 Å². The molecule has 0 aromatic carbocycles. The molecule has 0 aliphatic rings. The normalized spacial score (nSPS) is 14.2. The molecule has 3 atom stereocenters. The van der Waals surface area contributed by atoms with E-state index in [2.05, 4.69) is 0 Å². The fourth-order valence-electron chi connectivity index (χ4n) is 1.61. The molecule has 0 aliphatic heterocycles. The molecule has 0 radical (unpaired) electrons. The molecule has 126 valence electrons. The molecule has 9 nitrogen and oxygen atoms in total. The molecular weight excluding hydrogens is 300 g/mol. The molecule has 0 unspecified atom stereocenters. The molecule has 0 heterocycles. The molecule has 0 bridgehead atoms. The summed E-state index contributed by atoms with van der Waals surface area (Å²) in [6.45, 7) is 3.32. The van der Waals surface area contributed by atoms with E-state index >= 15 is 0 Å². The van der Waals surface area contributed by atoms with Crippen LogP contribution in [-0.2, 0) is 38.1 Å². The van der Waals surface area contributed by atoms with E-state index in [0.717, 1.165) is 27.7 Å². The van der Waals surface area contributed by atoms with E-state index in [9.17, 15) is 24.3 Å². The highest BCUT2D eigenvalue weighted by Gasteiger charge is 2.37. The van der Waals surface area contributed by atoms with E-state index in [1.165, 1.54) is 0 Å². The van der Waals surface area contributed by atoms with Gasteiger partial charge in [0.15, 0.2) is 18.3 Å². The minimum absolute atomic E-state index is 0.426. The predicted octanol–water partition coefficient (Wildman–Crippen LogP) is -0.663. The van der Waals surface area contributed by atoms with Crippen LogP contribution in [0.15, 0.2) is 0 Å². The monoisotopic (exact) mass is 320 g/mol. The van der Waals surface area contributed by atoms with Crippen LogP contribution in [0.3, 0.4) is 0 Å². The Bertz CT molecular complexity index is 418. The van der Waals surface area contributed by atoms with Gasteiger partial charge in [0.2, 0.25) is 0 Å². The van der Waals surface area contributed by atoms with Crippen molar-refractivity contribution >= 4 is 23.9 Å². The van der Waals surface area contributed by atoms with Gasteiger partial charge in [-0.3, -0.25) is 19.2 Å². The summed E-state index contributed by atoms with van der Waals surface area (Å²) >= 11 is 0. The van der Waals surface area contributed by atoms with Gasteiger partial charge < -0.3 is 24.1 Å². The van der Waals surface area contributed by atoms with Crippen molar-refractivity contribution < 1.29 is 43.2 Å². The number of carbonyl (C=O) groups excluding carboxylic acids is 4. The van der Waals surface area contributed by atoms with Gasteiger partial charge in [-0.1, -0.05) is 0 Å². The summed E-state index contributed by atoms with van der Waals surface area (Å²) in [5.74, 6) is -2.86. The van der Waals surface area contributed by atoms with Crippen LogP contribution in [0, 0.1) is 0 Å². The zero-order valence-electron chi connectivity index (χ0n) is 12.9. The fraction of sp³-hybridized carbons (Fsp3) is 0.692. The Balaban J connectivity index is 5.30. The predicted molar refractivity (Wildman–Crippen MR) is 70.4 cm³/mol. The van der Waals surface area contributed by atoms with E-state index in [0.29, 0.717) is 0 Å². The molecule has 1 N–H and O–H groups in total. The van der Waals surface area contributed by atoms with E-state index in [1.54, 1.807) is 0 Å². The summed E-state index contributed by atoms with van der Waals surface area (Å²) in [4.78, 5) is 44.3. The third-order valence-electron chi connectivity index (χ3n) is 2.30. The summed E-state index contributed by atoms with van der Waals surface area (Å²) in [5.41, 5.74) is 0. The van der Waals surface area contributed by atoms with Gasteiger partial charge in [-0.2, -0.15) is 0 Å². The summed E-state index contributed by atoms with van der Waals surface area (Å²) in [5, 5.41) is 9.30. The van der Waals surface area contributed by atoms with E-state index in [4.69, 9.17) is 18.9 Å². The van der Waals surface area contributed by atoms with Crippen molar-refractivity contribution in [2.45, 2.75) is 46.0 Å². The average molecular weight is 320 g/mol. The number of aliphatic hydroxyl groups excluding tert-OH is 1. The molecule has 0 saturated heterocycles. The summed E-state index contributed by atoms with van der Waals surface area (Å²) in [6.07, 6.45) is -3.84. The third-order valence-corrected chi connectivity index (χ3v) is 2.30. The summed E-state index contributed by atoms with van der Waals surface area (Å²) < 4.78 is 19.5. The van der Waals surface area contributed by atoms with E-state index < -0.39 is 55.4 Å². The molecule has 0 aliphatic carbocycles. The zero-order chi connectivity index (χ0) is 17.3. The Labute approximate surface area is 127 Å². The molecule has 9 heteroatoms. The van der Waals surface area contributed by atoms with Crippen molar-refractivity contribution in [3.05, 3.63) is 0 Å². The van der Waals surface area contributed by atoms with Gasteiger partial charge in [0.25, 0.3) is 0 Å². The van der Waals surface area contributed by atoms with Gasteiger partial charge in [0, 0.05) is 27.7 Å². The largest absolute Gasteiger partial charge is 0.462 e. The van der Waals surface area contributed by atoms with Gasteiger partial charge >= 0.3 is 23.9 Å². The molecule has 0 saturated carbocycles. The minimum atomic E-state index is -1.32. The van der Waals surface area contributed by atoms with Gasteiger partial charge in [-0.05, 0) is 0 Å². The van der Waals surface area contributed by atoms with Gasteiger partial charge in [0.1, 0.15) is 6.61 Å². The lowest BCUT2D eigenvalue weighted by Gasteiger charge is -2.30. The van der Waals surface area contributed by atoms with Crippen LogP contribution in [0.4, 0.5) is 0 Å². The highest BCUT2D eigenvalue weighted by atomic mass is 16.6. The zero-order valence-corrected chi connectivity index (χ0v) is 12.9. The van der Waals surface area contributed by atoms with Crippen LogP contribution in [-0.4, -0.2) is 60.5 Å². The highest BCUT2D eigenvalue weighted by molar-refractivity contribution is 5.68. The van der Waals surface area contributed by atoms with Crippen molar-refractivity contribution in [2.24, 2.45) is 0 Å². The maximum atomic E-state index is 11.2. The number of esters is 4. The fourth-order valence-corrected chi connectivity index (χ4v) is 1.61. The molecule has 0 fully saturated rings. The standard InChI is InChI=1S/C13H20O9/c1-7(15)19-6-12(21-9(3)17)13(22-10(4)18)11(5-14)20-8(2)16/h11-14H,5-6H2,1-4H3/t11-,12-,13-/m0/s1. The lowest BCUT2D eigenvalue weighted by atomic mass is 10.1. The van der Waals surface area contributed by atoms with Crippen molar-refractivity contribution in [3.63, 3.8) is 0 Å². The van der Waals surface area contributed by atoms with E-state index in [-0.39, 0.29) is 0 Å².